The van der Waals surface area contributed by atoms with E-state index in [0.717, 1.165) is 16.8 Å². The van der Waals surface area contributed by atoms with Crippen LogP contribution in [0.1, 0.15) is 21.7 Å². The van der Waals surface area contributed by atoms with E-state index in [1.807, 2.05) is 32.0 Å². The zero-order valence-electron chi connectivity index (χ0n) is 12.3. The van der Waals surface area contributed by atoms with Crippen LogP contribution < -0.4 is 10.9 Å². The Kier molecular flexibility index (Phi) is 3.47. The number of aromatic amines is 1. The van der Waals surface area contributed by atoms with Gasteiger partial charge in [-0.05, 0) is 37.1 Å². The minimum atomic E-state index is -0.430. The molecule has 0 spiro atoms. The molecule has 0 unspecified atom stereocenters. The van der Waals surface area contributed by atoms with Crippen LogP contribution in [0.5, 0.6) is 0 Å². The predicted molar refractivity (Wildman–Crippen MR) is 86.2 cm³/mol. The van der Waals surface area contributed by atoms with E-state index in [1.54, 1.807) is 24.3 Å². The van der Waals surface area contributed by atoms with Gasteiger partial charge in [0.05, 0.1) is 10.9 Å². The van der Waals surface area contributed by atoms with Crippen molar-refractivity contribution in [3.63, 3.8) is 0 Å². The highest BCUT2D eigenvalue weighted by Gasteiger charge is 2.13. The van der Waals surface area contributed by atoms with Crippen LogP contribution in [-0.2, 0) is 0 Å². The smallest absolute Gasteiger partial charge is 0.291 e. The molecule has 2 N–H and O–H groups in total. The molecule has 3 rings (SSSR count). The van der Waals surface area contributed by atoms with E-state index in [4.69, 9.17) is 0 Å². The van der Waals surface area contributed by atoms with Gasteiger partial charge < -0.3 is 10.3 Å². The van der Waals surface area contributed by atoms with Crippen LogP contribution in [0, 0.1) is 13.8 Å². The molecule has 0 saturated carbocycles. The van der Waals surface area contributed by atoms with Gasteiger partial charge in [0.15, 0.2) is 5.82 Å². The van der Waals surface area contributed by atoms with Crippen molar-refractivity contribution in [1.82, 2.24) is 9.97 Å². The van der Waals surface area contributed by atoms with E-state index in [-0.39, 0.29) is 11.4 Å². The van der Waals surface area contributed by atoms with Crippen molar-refractivity contribution in [3.8, 4) is 0 Å². The molecule has 0 saturated heterocycles. The molecule has 1 aromatic heterocycles. The molecule has 0 radical (unpaired) electrons. The Balaban J connectivity index is 2.01. The highest BCUT2D eigenvalue weighted by atomic mass is 16.2. The van der Waals surface area contributed by atoms with Crippen LogP contribution in [0.2, 0.25) is 0 Å². The van der Waals surface area contributed by atoms with Gasteiger partial charge in [-0.3, -0.25) is 9.59 Å². The number of rotatable bonds is 2. The van der Waals surface area contributed by atoms with Gasteiger partial charge in [-0.15, -0.1) is 0 Å². The first-order chi connectivity index (χ1) is 10.6. The second-order valence-corrected chi connectivity index (χ2v) is 5.15. The number of benzene rings is 2. The number of carbonyl (C=O) groups is 1. The van der Waals surface area contributed by atoms with Crippen LogP contribution in [0.25, 0.3) is 10.9 Å². The topological polar surface area (TPSA) is 74.8 Å². The number of nitrogens with one attached hydrogen (secondary N) is 2. The summed E-state index contributed by atoms with van der Waals surface area (Å²) in [4.78, 5) is 31.1. The van der Waals surface area contributed by atoms with Gasteiger partial charge in [0.25, 0.3) is 11.5 Å². The number of aryl methyl sites for hydroxylation is 2. The van der Waals surface area contributed by atoms with Gasteiger partial charge in [0, 0.05) is 5.69 Å². The van der Waals surface area contributed by atoms with Crippen LogP contribution >= 0.6 is 0 Å². The van der Waals surface area contributed by atoms with Crippen molar-refractivity contribution < 1.29 is 4.79 Å². The Morgan fingerprint density at radius 3 is 2.45 bits per heavy atom. The maximum Gasteiger partial charge on any atom is 0.291 e. The summed E-state index contributed by atoms with van der Waals surface area (Å²) in [5.74, 6) is -0.424. The molecule has 0 bridgehead atoms. The molecule has 3 aromatic rings. The molecular weight excluding hydrogens is 278 g/mol. The molecule has 0 aliphatic rings. The summed E-state index contributed by atoms with van der Waals surface area (Å²) in [5.41, 5.74) is 2.83. The summed E-state index contributed by atoms with van der Waals surface area (Å²) in [7, 11) is 0. The summed E-state index contributed by atoms with van der Waals surface area (Å²) in [6.07, 6.45) is 0. The van der Waals surface area contributed by atoms with E-state index < -0.39 is 5.91 Å². The third-order valence-corrected chi connectivity index (χ3v) is 3.55. The number of H-pyrrole nitrogens is 1. The van der Waals surface area contributed by atoms with Crippen molar-refractivity contribution in [2.75, 3.05) is 5.32 Å². The summed E-state index contributed by atoms with van der Waals surface area (Å²) >= 11 is 0. The maximum atomic E-state index is 12.4. The zero-order chi connectivity index (χ0) is 15.7. The molecule has 110 valence electrons. The van der Waals surface area contributed by atoms with Crippen molar-refractivity contribution in [1.29, 1.82) is 0 Å². The number of nitrogens with zero attached hydrogens (tertiary/aromatic N) is 1. The van der Waals surface area contributed by atoms with Gasteiger partial charge in [-0.1, -0.05) is 30.3 Å². The third kappa shape index (κ3) is 2.48. The maximum absolute atomic E-state index is 12.4. The lowest BCUT2D eigenvalue weighted by atomic mass is 10.1. The second kappa shape index (κ2) is 5.44. The number of hydrogen-bond donors (Lipinski definition) is 2. The van der Waals surface area contributed by atoms with Gasteiger partial charge in [-0.25, -0.2) is 4.98 Å². The number of anilines is 1. The highest BCUT2D eigenvalue weighted by molar-refractivity contribution is 6.03. The summed E-state index contributed by atoms with van der Waals surface area (Å²) in [5, 5.41) is 3.28. The normalized spacial score (nSPS) is 10.6. The molecule has 5 heteroatoms. The fourth-order valence-electron chi connectivity index (χ4n) is 2.38. The molecule has 1 heterocycles. The minimum Gasteiger partial charge on any atom is -0.319 e. The first-order valence-corrected chi connectivity index (χ1v) is 6.93. The Hall–Kier alpha value is -2.95. The minimum absolute atomic E-state index is 0.00588. The van der Waals surface area contributed by atoms with Crippen molar-refractivity contribution >= 4 is 22.5 Å². The fourth-order valence-corrected chi connectivity index (χ4v) is 2.38. The van der Waals surface area contributed by atoms with E-state index in [2.05, 4.69) is 15.3 Å². The van der Waals surface area contributed by atoms with E-state index in [9.17, 15) is 9.59 Å². The molecular formula is C17H15N3O2. The standard InChI is InChI=1S/C17H15N3O2/c1-10-6-5-7-11(2)14(10)19-17(22)15-18-13-9-4-3-8-12(13)16(21)20-15/h3-9H,1-2H3,(H,19,22)(H,18,20,21). The predicted octanol–water partition coefficient (Wildman–Crippen LogP) is 2.79. The van der Waals surface area contributed by atoms with Gasteiger partial charge >= 0.3 is 0 Å². The largest absolute Gasteiger partial charge is 0.319 e. The average Bonchev–Trinajstić information content (AvgIpc) is 2.51. The molecule has 22 heavy (non-hydrogen) atoms. The van der Waals surface area contributed by atoms with Crippen LogP contribution in [0.4, 0.5) is 5.69 Å². The lowest BCUT2D eigenvalue weighted by Crippen LogP contribution is -2.21. The Labute approximate surface area is 127 Å². The lowest BCUT2D eigenvalue weighted by Gasteiger charge is -2.11. The highest BCUT2D eigenvalue weighted by Crippen LogP contribution is 2.19. The lowest BCUT2D eigenvalue weighted by molar-refractivity contribution is 0.101. The fraction of sp³-hybridized carbons (Fsp3) is 0.118. The number of amides is 1. The Morgan fingerprint density at radius 2 is 1.73 bits per heavy atom. The Bertz CT molecular complexity index is 908. The van der Waals surface area contributed by atoms with Gasteiger partial charge in [0.2, 0.25) is 0 Å². The zero-order valence-corrected chi connectivity index (χ0v) is 12.3. The summed E-state index contributed by atoms with van der Waals surface area (Å²) in [6.45, 7) is 3.83. The number of carbonyl (C=O) groups excluding carboxylic acids is 1. The van der Waals surface area contributed by atoms with Crippen LogP contribution in [0.15, 0.2) is 47.3 Å². The SMILES string of the molecule is Cc1cccc(C)c1NC(=O)c1nc2ccccc2c(=O)[nH]1. The van der Waals surface area contributed by atoms with Crippen molar-refractivity contribution in [3.05, 3.63) is 69.8 Å². The van der Waals surface area contributed by atoms with E-state index >= 15 is 0 Å². The van der Waals surface area contributed by atoms with E-state index in [1.165, 1.54) is 0 Å². The number of aromatic nitrogens is 2. The monoisotopic (exact) mass is 293 g/mol. The molecule has 0 aliphatic carbocycles. The quantitative estimate of drug-likeness (QED) is 0.763. The summed E-state index contributed by atoms with van der Waals surface area (Å²) in [6, 6.07) is 12.7. The molecule has 5 nitrogen and oxygen atoms in total. The molecule has 0 atom stereocenters. The van der Waals surface area contributed by atoms with Crippen molar-refractivity contribution in [2.24, 2.45) is 0 Å². The van der Waals surface area contributed by atoms with E-state index in [0.29, 0.717) is 10.9 Å². The van der Waals surface area contributed by atoms with Crippen LogP contribution in [0.3, 0.4) is 0 Å². The average molecular weight is 293 g/mol. The first-order valence-electron chi connectivity index (χ1n) is 6.93. The van der Waals surface area contributed by atoms with Gasteiger partial charge in [0.1, 0.15) is 0 Å². The Morgan fingerprint density at radius 1 is 1.05 bits per heavy atom. The van der Waals surface area contributed by atoms with Gasteiger partial charge in [-0.2, -0.15) is 0 Å². The van der Waals surface area contributed by atoms with Crippen LogP contribution in [-0.4, -0.2) is 15.9 Å². The first kappa shape index (κ1) is 14.0. The number of para-hydroxylation sites is 2. The number of hydrogen-bond acceptors (Lipinski definition) is 3. The van der Waals surface area contributed by atoms with Crippen molar-refractivity contribution in [2.45, 2.75) is 13.8 Å². The summed E-state index contributed by atoms with van der Waals surface area (Å²) < 4.78 is 0. The molecule has 0 aliphatic heterocycles. The third-order valence-electron chi connectivity index (χ3n) is 3.55. The molecule has 0 fully saturated rings. The molecule has 1 amide bonds. The molecule has 2 aromatic carbocycles. The number of fused-ring (bicyclic) bond motifs is 1. The second-order valence-electron chi connectivity index (χ2n) is 5.15.